The van der Waals surface area contributed by atoms with Crippen LogP contribution in [-0.4, -0.2) is 74.3 Å². The Bertz CT molecular complexity index is 1340. The Labute approximate surface area is 229 Å². The van der Waals surface area contributed by atoms with Crippen LogP contribution in [0.4, 0.5) is 4.79 Å². The molecule has 2 aromatic carbocycles. The molecule has 0 aliphatic carbocycles. The van der Waals surface area contributed by atoms with Crippen molar-refractivity contribution in [1.82, 2.24) is 24.3 Å². The molecule has 0 saturated carbocycles. The monoisotopic (exact) mass is 528 g/mol. The van der Waals surface area contributed by atoms with Crippen molar-refractivity contribution in [2.75, 3.05) is 26.2 Å². The summed E-state index contributed by atoms with van der Waals surface area (Å²) in [6.45, 7) is 4.94. The van der Waals surface area contributed by atoms with E-state index in [1.54, 1.807) is 14.7 Å². The quantitative estimate of drug-likeness (QED) is 0.531. The third kappa shape index (κ3) is 5.97. The molecule has 9 nitrogen and oxygen atoms in total. The Hall–Kier alpha value is -4.14. The van der Waals surface area contributed by atoms with Gasteiger partial charge in [-0.15, -0.1) is 0 Å². The molecule has 0 bridgehead atoms. The Morgan fingerprint density at radius 1 is 0.949 bits per heavy atom. The molecule has 1 aromatic heterocycles. The van der Waals surface area contributed by atoms with Crippen LogP contribution in [0.2, 0.25) is 0 Å². The fraction of sp³-hybridized carbons (Fsp3) is 0.400. The van der Waals surface area contributed by atoms with Gasteiger partial charge in [0.05, 0.1) is 24.3 Å². The summed E-state index contributed by atoms with van der Waals surface area (Å²) in [4.78, 5) is 49.1. The minimum absolute atomic E-state index is 0.0416. The standard InChI is InChI=1S/C30H36N6O3/c1-22-8-5-6-11-24(22)19-35-21-32-25-18-26(29(38)33-14-7-15-34(17-16-33)30(31)39)36(20-27(25)35)28(37)13-12-23-9-3-2-4-10-23/h2-6,8-11,21,26H,7,12-20H2,1H3,(H2,31,39). The number of urea groups is 1. The lowest BCUT2D eigenvalue weighted by Crippen LogP contribution is -2.54. The second-order valence-electron chi connectivity index (χ2n) is 10.4. The maximum absolute atomic E-state index is 13.9. The van der Waals surface area contributed by atoms with Gasteiger partial charge in [-0.25, -0.2) is 9.78 Å². The van der Waals surface area contributed by atoms with Crippen molar-refractivity contribution in [3.8, 4) is 0 Å². The second kappa shape index (κ2) is 11.7. The predicted molar refractivity (Wildman–Crippen MR) is 148 cm³/mol. The average molecular weight is 529 g/mol. The fourth-order valence-corrected chi connectivity index (χ4v) is 5.57. The predicted octanol–water partition coefficient (Wildman–Crippen LogP) is 2.74. The molecule has 1 unspecified atom stereocenters. The van der Waals surface area contributed by atoms with E-state index in [1.165, 1.54) is 11.1 Å². The number of nitrogens with zero attached hydrogens (tertiary/aromatic N) is 5. The third-order valence-electron chi connectivity index (χ3n) is 7.91. The van der Waals surface area contributed by atoms with Crippen molar-refractivity contribution in [1.29, 1.82) is 0 Å². The molecule has 39 heavy (non-hydrogen) atoms. The third-order valence-corrected chi connectivity index (χ3v) is 7.91. The number of fused-ring (bicyclic) bond motifs is 1. The van der Waals surface area contributed by atoms with E-state index in [4.69, 9.17) is 5.73 Å². The van der Waals surface area contributed by atoms with E-state index in [9.17, 15) is 14.4 Å². The maximum Gasteiger partial charge on any atom is 0.314 e. The molecule has 0 radical (unpaired) electrons. The number of primary amides is 1. The number of hydrogen-bond donors (Lipinski definition) is 1. The van der Waals surface area contributed by atoms with Crippen molar-refractivity contribution in [3.63, 3.8) is 0 Å². The van der Waals surface area contributed by atoms with Crippen LogP contribution in [0.5, 0.6) is 0 Å². The number of amides is 4. The molecule has 5 rings (SSSR count). The first-order valence-electron chi connectivity index (χ1n) is 13.6. The Kier molecular flexibility index (Phi) is 7.95. The van der Waals surface area contributed by atoms with Crippen molar-refractivity contribution in [3.05, 3.63) is 89.0 Å². The molecule has 1 saturated heterocycles. The van der Waals surface area contributed by atoms with E-state index in [2.05, 4.69) is 28.6 Å². The lowest BCUT2D eigenvalue weighted by atomic mass is 9.99. The molecule has 3 heterocycles. The van der Waals surface area contributed by atoms with Gasteiger partial charge in [0.1, 0.15) is 6.04 Å². The van der Waals surface area contributed by atoms with Crippen molar-refractivity contribution < 1.29 is 14.4 Å². The van der Waals surface area contributed by atoms with Crippen LogP contribution in [0.1, 0.15) is 40.9 Å². The first kappa shape index (κ1) is 26.5. The minimum atomic E-state index is -0.622. The van der Waals surface area contributed by atoms with Crippen molar-refractivity contribution in [2.45, 2.75) is 51.7 Å². The zero-order valence-corrected chi connectivity index (χ0v) is 22.5. The molecule has 1 atom stereocenters. The van der Waals surface area contributed by atoms with Gasteiger partial charge in [0.15, 0.2) is 0 Å². The number of hydrogen-bond acceptors (Lipinski definition) is 4. The SMILES string of the molecule is Cc1ccccc1Cn1cnc2c1CN(C(=O)CCc1ccccc1)C(C(=O)N1CCCN(C(N)=O)CC1)C2. The van der Waals surface area contributed by atoms with Crippen LogP contribution in [0.3, 0.4) is 0 Å². The summed E-state index contributed by atoms with van der Waals surface area (Å²) in [5, 5.41) is 0. The van der Waals surface area contributed by atoms with Crippen LogP contribution >= 0.6 is 0 Å². The molecule has 4 amide bonds. The number of aryl methyl sites for hydroxylation is 2. The first-order valence-corrected chi connectivity index (χ1v) is 13.6. The van der Waals surface area contributed by atoms with Gasteiger partial charge in [-0.3, -0.25) is 9.59 Å². The summed E-state index contributed by atoms with van der Waals surface area (Å²) in [6, 6.07) is 17.1. The minimum Gasteiger partial charge on any atom is -0.351 e. The average Bonchev–Trinajstić information content (AvgIpc) is 3.16. The maximum atomic E-state index is 13.9. The van der Waals surface area contributed by atoms with E-state index in [1.807, 2.05) is 48.8 Å². The summed E-state index contributed by atoms with van der Waals surface area (Å²) < 4.78 is 2.10. The van der Waals surface area contributed by atoms with Crippen LogP contribution in [0.25, 0.3) is 0 Å². The lowest BCUT2D eigenvalue weighted by molar-refractivity contribution is -0.147. The second-order valence-corrected chi connectivity index (χ2v) is 10.4. The molecule has 0 spiro atoms. The highest BCUT2D eigenvalue weighted by molar-refractivity contribution is 5.88. The molecule has 204 valence electrons. The topological polar surface area (TPSA) is 105 Å². The summed E-state index contributed by atoms with van der Waals surface area (Å²) in [6.07, 6.45) is 3.79. The van der Waals surface area contributed by atoms with Crippen molar-refractivity contribution >= 4 is 17.8 Å². The zero-order chi connectivity index (χ0) is 27.4. The van der Waals surface area contributed by atoms with Crippen molar-refractivity contribution in [2.24, 2.45) is 5.73 Å². The molecule has 2 N–H and O–H groups in total. The summed E-state index contributed by atoms with van der Waals surface area (Å²) in [7, 11) is 0. The van der Waals surface area contributed by atoms with Crippen LogP contribution in [0, 0.1) is 6.92 Å². The molecule has 2 aliphatic heterocycles. The largest absolute Gasteiger partial charge is 0.351 e. The van der Waals surface area contributed by atoms with Gasteiger partial charge >= 0.3 is 6.03 Å². The normalized spacial score (nSPS) is 17.5. The number of benzene rings is 2. The van der Waals surface area contributed by atoms with Gasteiger partial charge in [-0.1, -0.05) is 54.6 Å². The first-order chi connectivity index (χ1) is 18.9. The van der Waals surface area contributed by atoms with Gasteiger partial charge in [0.2, 0.25) is 11.8 Å². The zero-order valence-electron chi connectivity index (χ0n) is 22.5. The fourth-order valence-electron chi connectivity index (χ4n) is 5.57. The number of rotatable bonds is 6. The number of imidazole rings is 1. The van der Waals surface area contributed by atoms with Gasteiger partial charge in [-0.2, -0.15) is 0 Å². The van der Waals surface area contributed by atoms with Crippen LogP contribution in [-0.2, 0) is 35.5 Å². The number of aromatic nitrogens is 2. The molecular weight excluding hydrogens is 492 g/mol. The molecule has 3 aromatic rings. The number of carbonyl (C=O) groups is 3. The molecule has 1 fully saturated rings. The Morgan fingerprint density at radius 3 is 2.44 bits per heavy atom. The highest BCUT2D eigenvalue weighted by Gasteiger charge is 2.39. The van der Waals surface area contributed by atoms with E-state index in [-0.39, 0.29) is 11.8 Å². The number of carbonyl (C=O) groups excluding carboxylic acids is 3. The highest BCUT2D eigenvalue weighted by Crippen LogP contribution is 2.27. The van der Waals surface area contributed by atoms with Gasteiger partial charge in [0, 0.05) is 45.6 Å². The summed E-state index contributed by atoms with van der Waals surface area (Å²) >= 11 is 0. The van der Waals surface area contributed by atoms with Crippen LogP contribution in [0.15, 0.2) is 60.9 Å². The van der Waals surface area contributed by atoms with E-state index >= 15 is 0 Å². The lowest BCUT2D eigenvalue weighted by Gasteiger charge is -2.37. The Morgan fingerprint density at radius 2 is 1.67 bits per heavy atom. The van der Waals surface area contributed by atoms with Gasteiger partial charge in [-0.05, 0) is 36.5 Å². The summed E-state index contributed by atoms with van der Waals surface area (Å²) in [5.74, 6) is -0.131. The van der Waals surface area contributed by atoms with E-state index in [0.717, 1.165) is 17.0 Å². The molecule has 9 heteroatoms. The Balaban J connectivity index is 1.39. The van der Waals surface area contributed by atoms with Gasteiger partial charge < -0.3 is 25.0 Å². The summed E-state index contributed by atoms with van der Waals surface area (Å²) in [5.41, 5.74) is 10.8. The molecule has 2 aliphatic rings. The van der Waals surface area contributed by atoms with E-state index in [0.29, 0.717) is 65.0 Å². The smallest absolute Gasteiger partial charge is 0.314 e. The van der Waals surface area contributed by atoms with Crippen LogP contribution < -0.4 is 5.73 Å². The van der Waals surface area contributed by atoms with Gasteiger partial charge in [0.25, 0.3) is 0 Å². The van der Waals surface area contributed by atoms with E-state index < -0.39 is 12.1 Å². The highest BCUT2D eigenvalue weighted by atomic mass is 16.2. The molecular formula is C30H36N6O3. The number of nitrogens with two attached hydrogens (primary N) is 1.